The third-order valence-corrected chi connectivity index (χ3v) is 4.15. The van der Waals surface area contributed by atoms with Crippen molar-refractivity contribution < 1.29 is 4.79 Å². The van der Waals surface area contributed by atoms with Crippen LogP contribution in [0, 0.1) is 5.41 Å². The number of benzene rings is 1. The third-order valence-electron chi connectivity index (χ3n) is 4.15. The fraction of sp³-hybridized carbons (Fsp3) is 0.471. The number of amides is 1. The Morgan fingerprint density at radius 2 is 2.10 bits per heavy atom. The van der Waals surface area contributed by atoms with Crippen molar-refractivity contribution in [1.82, 2.24) is 10.3 Å². The van der Waals surface area contributed by atoms with E-state index >= 15 is 0 Å². The minimum absolute atomic E-state index is 0.0817. The number of hydrogen-bond donors (Lipinski definition) is 3. The lowest BCUT2D eigenvalue weighted by molar-refractivity contribution is -0.122. The van der Waals surface area contributed by atoms with Gasteiger partial charge in [0.15, 0.2) is 0 Å². The Bertz CT molecular complexity index is 615. The molecule has 114 valence electrons. The standard InChI is InChI=1S/C17H25N3O/c1-4-17(2,3)11-20-16(21)14(18)9-12-10-19-15-8-6-5-7-13(12)15/h5-8,10,14,19H,4,9,11,18H2,1-3H3,(H,20,21). The number of rotatable bonds is 6. The number of hydrogen-bond acceptors (Lipinski definition) is 2. The van der Waals surface area contributed by atoms with Crippen molar-refractivity contribution in [2.24, 2.45) is 11.1 Å². The van der Waals surface area contributed by atoms with Gasteiger partial charge in [-0.25, -0.2) is 0 Å². The molecule has 0 aliphatic rings. The van der Waals surface area contributed by atoms with Gasteiger partial charge in [-0.05, 0) is 29.9 Å². The van der Waals surface area contributed by atoms with Crippen LogP contribution in [0.5, 0.6) is 0 Å². The molecular formula is C17H25N3O. The van der Waals surface area contributed by atoms with Gasteiger partial charge < -0.3 is 16.0 Å². The number of carbonyl (C=O) groups excluding carboxylic acids is 1. The lowest BCUT2D eigenvalue weighted by atomic mass is 9.90. The van der Waals surface area contributed by atoms with Crippen LogP contribution in [-0.2, 0) is 11.2 Å². The van der Waals surface area contributed by atoms with Crippen molar-refractivity contribution in [1.29, 1.82) is 0 Å². The monoisotopic (exact) mass is 287 g/mol. The first-order valence-corrected chi connectivity index (χ1v) is 7.51. The van der Waals surface area contributed by atoms with Crippen LogP contribution in [0.4, 0.5) is 0 Å². The molecule has 0 saturated heterocycles. The van der Waals surface area contributed by atoms with E-state index in [1.165, 1.54) is 0 Å². The predicted molar refractivity (Wildman–Crippen MR) is 87.1 cm³/mol. The van der Waals surface area contributed by atoms with E-state index < -0.39 is 6.04 Å². The van der Waals surface area contributed by atoms with Crippen LogP contribution in [0.15, 0.2) is 30.5 Å². The van der Waals surface area contributed by atoms with Crippen LogP contribution in [0.1, 0.15) is 32.8 Å². The molecule has 0 aliphatic heterocycles. The number of nitrogens with one attached hydrogen (secondary N) is 2. The minimum atomic E-state index is -0.517. The van der Waals surface area contributed by atoms with E-state index in [1.54, 1.807) is 0 Å². The maximum absolute atomic E-state index is 12.1. The molecule has 4 N–H and O–H groups in total. The van der Waals surface area contributed by atoms with Crippen LogP contribution in [0.25, 0.3) is 10.9 Å². The Morgan fingerprint density at radius 3 is 2.81 bits per heavy atom. The van der Waals surface area contributed by atoms with Crippen LogP contribution in [0.3, 0.4) is 0 Å². The highest BCUT2D eigenvalue weighted by Gasteiger charge is 2.20. The van der Waals surface area contributed by atoms with Gasteiger partial charge in [-0.15, -0.1) is 0 Å². The highest BCUT2D eigenvalue weighted by Crippen LogP contribution is 2.19. The number of H-pyrrole nitrogens is 1. The van der Waals surface area contributed by atoms with Crippen LogP contribution in [0.2, 0.25) is 0 Å². The second-order valence-corrected chi connectivity index (χ2v) is 6.41. The lowest BCUT2D eigenvalue weighted by Gasteiger charge is -2.24. The summed E-state index contributed by atoms with van der Waals surface area (Å²) in [4.78, 5) is 15.3. The summed E-state index contributed by atoms with van der Waals surface area (Å²) < 4.78 is 0. The molecule has 2 rings (SSSR count). The molecule has 0 spiro atoms. The molecular weight excluding hydrogens is 262 g/mol. The Balaban J connectivity index is 1.98. The molecule has 1 heterocycles. The fourth-order valence-electron chi connectivity index (χ4n) is 2.21. The second kappa shape index (κ2) is 6.31. The zero-order valence-corrected chi connectivity index (χ0v) is 13.1. The van der Waals surface area contributed by atoms with E-state index in [2.05, 4.69) is 31.1 Å². The largest absolute Gasteiger partial charge is 0.361 e. The summed E-state index contributed by atoms with van der Waals surface area (Å²) in [6, 6.07) is 7.54. The Morgan fingerprint density at radius 1 is 1.38 bits per heavy atom. The molecule has 0 bridgehead atoms. The molecule has 1 amide bonds. The molecule has 1 aromatic heterocycles. The third kappa shape index (κ3) is 3.85. The number of nitrogens with two attached hydrogens (primary N) is 1. The number of para-hydroxylation sites is 1. The molecule has 1 aromatic carbocycles. The van der Waals surface area contributed by atoms with Gasteiger partial charge in [0.05, 0.1) is 6.04 Å². The van der Waals surface area contributed by atoms with Gasteiger partial charge in [-0.1, -0.05) is 39.0 Å². The Hall–Kier alpha value is -1.81. The molecule has 4 heteroatoms. The van der Waals surface area contributed by atoms with Gasteiger partial charge in [0.25, 0.3) is 0 Å². The molecule has 21 heavy (non-hydrogen) atoms. The molecule has 1 unspecified atom stereocenters. The summed E-state index contributed by atoms with van der Waals surface area (Å²) in [6.07, 6.45) is 3.50. The van der Waals surface area contributed by atoms with E-state index in [-0.39, 0.29) is 11.3 Å². The summed E-state index contributed by atoms with van der Waals surface area (Å²) in [5.74, 6) is -0.0817. The predicted octanol–water partition coefficient (Wildman–Crippen LogP) is 2.59. The first kappa shape index (κ1) is 15.6. The minimum Gasteiger partial charge on any atom is -0.361 e. The van der Waals surface area contributed by atoms with Crippen molar-refractivity contribution in [2.45, 2.75) is 39.7 Å². The average molecular weight is 287 g/mol. The quantitative estimate of drug-likeness (QED) is 0.764. The maximum atomic E-state index is 12.1. The molecule has 2 aromatic rings. The van der Waals surface area contributed by atoms with E-state index in [0.29, 0.717) is 13.0 Å². The second-order valence-electron chi connectivity index (χ2n) is 6.41. The highest BCUT2D eigenvalue weighted by molar-refractivity contribution is 5.86. The van der Waals surface area contributed by atoms with Gasteiger partial charge in [0.2, 0.25) is 5.91 Å². The SMILES string of the molecule is CCC(C)(C)CNC(=O)C(N)Cc1c[nH]c2ccccc12. The number of fused-ring (bicyclic) bond motifs is 1. The summed E-state index contributed by atoms with van der Waals surface area (Å²) >= 11 is 0. The first-order valence-electron chi connectivity index (χ1n) is 7.51. The van der Waals surface area contributed by atoms with Crippen LogP contribution in [-0.4, -0.2) is 23.5 Å². The maximum Gasteiger partial charge on any atom is 0.237 e. The Kier molecular flexibility index (Phi) is 4.68. The summed E-state index contributed by atoms with van der Waals surface area (Å²) in [6.45, 7) is 7.05. The summed E-state index contributed by atoms with van der Waals surface area (Å²) in [5, 5.41) is 4.09. The number of carbonyl (C=O) groups is 1. The summed E-state index contributed by atoms with van der Waals surface area (Å²) in [7, 11) is 0. The van der Waals surface area contributed by atoms with Gasteiger partial charge in [-0.2, -0.15) is 0 Å². The van der Waals surface area contributed by atoms with Gasteiger partial charge in [-0.3, -0.25) is 4.79 Å². The van der Waals surface area contributed by atoms with Gasteiger partial charge >= 0.3 is 0 Å². The molecule has 0 saturated carbocycles. The average Bonchev–Trinajstić information content (AvgIpc) is 2.88. The van der Waals surface area contributed by atoms with E-state index in [4.69, 9.17) is 5.73 Å². The first-order chi connectivity index (χ1) is 9.93. The van der Waals surface area contributed by atoms with Crippen molar-refractivity contribution >= 4 is 16.8 Å². The topological polar surface area (TPSA) is 70.9 Å². The molecule has 0 fully saturated rings. The fourth-order valence-corrected chi connectivity index (χ4v) is 2.21. The number of aromatic nitrogens is 1. The normalized spacial score (nSPS) is 13.3. The van der Waals surface area contributed by atoms with Gasteiger partial charge in [0.1, 0.15) is 0 Å². The highest BCUT2D eigenvalue weighted by atomic mass is 16.2. The number of aromatic amines is 1. The molecule has 1 atom stereocenters. The lowest BCUT2D eigenvalue weighted by Crippen LogP contribution is -2.45. The Labute approximate surface area is 126 Å². The van der Waals surface area contributed by atoms with Crippen molar-refractivity contribution in [3.63, 3.8) is 0 Å². The van der Waals surface area contributed by atoms with Crippen molar-refractivity contribution in [3.8, 4) is 0 Å². The zero-order valence-electron chi connectivity index (χ0n) is 13.1. The molecule has 4 nitrogen and oxygen atoms in total. The van der Waals surface area contributed by atoms with Crippen LogP contribution < -0.4 is 11.1 Å². The van der Waals surface area contributed by atoms with E-state index in [0.717, 1.165) is 22.9 Å². The molecule has 0 radical (unpaired) electrons. The van der Waals surface area contributed by atoms with Crippen LogP contribution >= 0.6 is 0 Å². The van der Waals surface area contributed by atoms with E-state index in [1.807, 2.05) is 30.5 Å². The molecule has 0 aliphatic carbocycles. The van der Waals surface area contributed by atoms with E-state index in [9.17, 15) is 4.79 Å². The van der Waals surface area contributed by atoms with Crippen molar-refractivity contribution in [2.75, 3.05) is 6.54 Å². The van der Waals surface area contributed by atoms with Gasteiger partial charge in [0, 0.05) is 23.6 Å². The van der Waals surface area contributed by atoms with Crippen molar-refractivity contribution in [3.05, 3.63) is 36.0 Å². The smallest absolute Gasteiger partial charge is 0.237 e. The zero-order chi connectivity index (χ0) is 15.5. The summed E-state index contributed by atoms with van der Waals surface area (Å²) in [5.41, 5.74) is 8.31.